The van der Waals surface area contributed by atoms with Gasteiger partial charge in [0.2, 0.25) is 0 Å². The largest absolute Gasteiger partial charge is 0.344 e. The van der Waals surface area contributed by atoms with Crippen molar-refractivity contribution in [1.82, 2.24) is 0 Å². The molecule has 0 atom stereocenters. The summed E-state index contributed by atoms with van der Waals surface area (Å²) in [5.74, 6) is 0. The maximum Gasteiger partial charge on any atom is 0.0714 e. The third-order valence-electron chi connectivity index (χ3n) is 13.7. The van der Waals surface area contributed by atoms with Crippen LogP contribution >= 0.6 is 0 Å². The van der Waals surface area contributed by atoms with Crippen molar-refractivity contribution in [2.75, 3.05) is 16.8 Å². The number of para-hydroxylation sites is 2. The van der Waals surface area contributed by atoms with E-state index >= 15 is 0 Å². The predicted molar refractivity (Wildman–Crippen MR) is 279 cm³/mol. The predicted octanol–water partition coefficient (Wildman–Crippen LogP) is 16.9. The van der Waals surface area contributed by atoms with Gasteiger partial charge in [-0.1, -0.05) is 206 Å². The van der Waals surface area contributed by atoms with Gasteiger partial charge in [0.15, 0.2) is 0 Å². The van der Waals surface area contributed by atoms with Crippen LogP contribution in [-0.4, -0.2) is 7.05 Å². The first-order valence-corrected chi connectivity index (χ1v) is 22.8. The van der Waals surface area contributed by atoms with Crippen LogP contribution in [0.3, 0.4) is 0 Å². The van der Waals surface area contributed by atoms with Crippen molar-refractivity contribution >= 4 is 50.0 Å². The average Bonchev–Trinajstić information content (AvgIpc) is 3.70. The molecular weight excluding hydrogens is 797 g/mol. The van der Waals surface area contributed by atoms with Gasteiger partial charge in [-0.3, -0.25) is 0 Å². The van der Waals surface area contributed by atoms with Crippen molar-refractivity contribution in [3.05, 3.63) is 283 Å². The smallest absolute Gasteiger partial charge is 0.0714 e. The molecule has 0 amide bonds. The third kappa shape index (κ3) is 6.41. The molecule has 0 fully saturated rings. The SMILES string of the molecule is CN(c1ccc2c(c1)C(c1ccccc1)(c1ccccc1)c1ccc3ccccc3c1-2)c1ccc2ccccc2c1-c1ccc(-c2cccc(N(c3ccccc3)c3ccccc3)c2)cc1. The molecular formula is C64H46N2. The molecule has 11 aromatic carbocycles. The van der Waals surface area contributed by atoms with E-state index in [2.05, 4.69) is 278 Å². The van der Waals surface area contributed by atoms with Gasteiger partial charge < -0.3 is 9.80 Å². The number of rotatable bonds is 9. The van der Waals surface area contributed by atoms with Crippen molar-refractivity contribution in [2.45, 2.75) is 5.41 Å². The van der Waals surface area contributed by atoms with Crippen LogP contribution in [-0.2, 0) is 5.41 Å². The highest BCUT2D eigenvalue weighted by molar-refractivity contribution is 6.06. The third-order valence-corrected chi connectivity index (χ3v) is 13.7. The minimum absolute atomic E-state index is 0.521. The maximum absolute atomic E-state index is 2.47. The van der Waals surface area contributed by atoms with E-state index in [-0.39, 0.29) is 0 Å². The highest BCUT2D eigenvalue weighted by Crippen LogP contribution is 2.58. The lowest BCUT2D eigenvalue weighted by Gasteiger charge is -2.34. The molecule has 0 saturated heterocycles. The minimum Gasteiger partial charge on any atom is -0.344 e. The van der Waals surface area contributed by atoms with E-state index in [0.29, 0.717) is 0 Å². The van der Waals surface area contributed by atoms with E-state index in [1.165, 1.54) is 77.2 Å². The van der Waals surface area contributed by atoms with Gasteiger partial charge >= 0.3 is 0 Å². The molecule has 0 saturated carbocycles. The molecule has 312 valence electrons. The summed E-state index contributed by atoms with van der Waals surface area (Å²) in [7, 11) is 2.23. The standard InChI is InChI=1S/C64H46N2/c1-65(54-39-40-58-60(44-54)64(50-22-6-2-7-23-50,51-24-8-3-9-25-51)59-41-37-46-19-15-17-32-57(46)63(58)59)61-42-38-47-20-14-16-31-56(47)62(61)48-35-33-45(34-36-48)49-21-18-30-55(43-49)66(52-26-10-4-11-27-52)53-28-12-5-13-29-53/h2-44H,1H3. The normalized spacial score (nSPS) is 12.4. The molecule has 12 rings (SSSR count). The Morgan fingerprint density at radius 1 is 0.318 bits per heavy atom. The Labute approximate surface area is 386 Å². The first kappa shape index (κ1) is 39.2. The molecule has 0 N–H and O–H groups in total. The molecule has 1 aliphatic rings. The monoisotopic (exact) mass is 842 g/mol. The highest BCUT2D eigenvalue weighted by atomic mass is 15.1. The summed E-state index contributed by atoms with van der Waals surface area (Å²) in [5.41, 5.74) is 17.6. The van der Waals surface area contributed by atoms with Gasteiger partial charge in [-0.25, -0.2) is 0 Å². The number of fused-ring (bicyclic) bond motifs is 6. The second-order valence-corrected chi connectivity index (χ2v) is 17.3. The number of nitrogens with zero attached hydrogens (tertiary/aromatic N) is 2. The highest BCUT2D eigenvalue weighted by Gasteiger charge is 2.47. The summed E-state index contributed by atoms with van der Waals surface area (Å²) >= 11 is 0. The maximum atomic E-state index is 2.47. The van der Waals surface area contributed by atoms with Crippen LogP contribution in [0.1, 0.15) is 22.3 Å². The van der Waals surface area contributed by atoms with Crippen LogP contribution in [0.2, 0.25) is 0 Å². The van der Waals surface area contributed by atoms with Crippen molar-refractivity contribution in [2.24, 2.45) is 0 Å². The van der Waals surface area contributed by atoms with Gasteiger partial charge in [0, 0.05) is 41.0 Å². The second-order valence-electron chi connectivity index (χ2n) is 17.3. The summed E-state index contributed by atoms with van der Waals surface area (Å²) in [5, 5.41) is 4.97. The van der Waals surface area contributed by atoms with Crippen LogP contribution in [0, 0.1) is 0 Å². The van der Waals surface area contributed by atoms with E-state index in [1.54, 1.807) is 0 Å². The first-order valence-electron chi connectivity index (χ1n) is 22.8. The fourth-order valence-electron chi connectivity index (χ4n) is 10.7. The first-order chi connectivity index (χ1) is 32.7. The van der Waals surface area contributed by atoms with E-state index in [4.69, 9.17) is 0 Å². The Hall–Kier alpha value is -8.46. The van der Waals surface area contributed by atoms with Crippen LogP contribution in [0.25, 0.3) is 54.9 Å². The zero-order valence-corrected chi connectivity index (χ0v) is 36.7. The van der Waals surface area contributed by atoms with Crippen molar-refractivity contribution in [1.29, 1.82) is 0 Å². The number of benzene rings is 11. The molecule has 0 heterocycles. The summed E-state index contributed by atoms with van der Waals surface area (Å²) in [4.78, 5) is 4.71. The van der Waals surface area contributed by atoms with Crippen molar-refractivity contribution < 1.29 is 0 Å². The van der Waals surface area contributed by atoms with Gasteiger partial charge in [0.1, 0.15) is 0 Å². The Bertz CT molecular complexity index is 3450. The van der Waals surface area contributed by atoms with Gasteiger partial charge in [-0.15, -0.1) is 0 Å². The van der Waals surface area contributed by atoms with Crippen LogP contribution < -0.4 is 9.80 Å². The molecule has 2 heteroatoms. The molecule has 11 aromatic rings. The molecule has 0 bridgehead atoms. The van der Waals surface area contributed by atoms with Crippen LogP contribution in [0.4, 0.5) is 28.4 Å². The lowest BCUT2D eigenvalue weighted by Crippen LogP contribution is -2.28. The number of hydrogen-bond donors (Lipinski definition) is 0. The van der Waals surface area contributed by atoms with E-state index in [9.17, 15) is 0 Å². The zero-order chi connectivity index (χ0) is 44.0. The second kappa shape index (κ2) is 16.3. The number of hydrogen-bond acceptors (Lipinski definition) is 2. The topological polar surface area (TPSA) is 6.48 Å². The van der Waals surface area contributed by atoms with Gasteiger partial charge in [0.05, 0.1) is 5.41 Å². The fraction of sp³-hybridized carbons (Fsp3) is 0.0312. The van der Waals surface area contributed by atoms with E-state index < -0.39 is 5.41 Å². The molecule has 0 unspecified atom stereocenters. The average molecular weight is 843 g/mol. The zero-order valence-electron chi connectivity index (χ0n) is 36.7. The Kier molecular flexibility index (Phi) is 9.65. The summed E-state index contributed by atoms with van der Waals surface area (Å²) in [6.07, 6.45) is 0. The molecule has 66 heavy (non-hydrogen) atoms. The number of anilines is 5. The minimum atomic E-state index is -0.521. The molecule has 0 aromatic heterocycles. The summed E-state index contributed by atoms with van der Waals surface area (Å²) in [6.45, 7) is 0. The van der Waals surface area contributed by atoms with Crippen molar-refractivity contribution in [3.8, 4) is 33.4 Å². The van der Waals surface area contributed by atoms with Gasteiger partial charge in [0.25, 0.3) is 0 Å². The molecule has 0 spiro atoms. The van der Waals surface area contributed by atoms with E-state index in [0.717, 1.165) is 28.4 Å². The summed E-state index contributed by atoms with van der Waals surface area (Å²) in [6, 6.07) is 95.5. The lowest BCUT2D eigenvalue weighted by molar-refractivity contribution is 0.769. The molecule has 0 radical (unpaired) electrons. The molecule has 0 aliphatic heterocycles. The van der Waals surface area contributed by atoms with E-state index in [1.807, 2.05) is 0 Å². The Morgan fingerprint density at radius 3 is 1.45 bits per heavy atom. The lowest BCUT2D eigenvalue weighted by atomic mass is 9.67. The Balaban J connectivity index is 0.984. The fourth-order valence-corrected chi connectivity index (χ4v) is 10.7. The van der Waals surface area contributed by atoms with Gasteiger partial charge in [-0.05, 0) is 126 Å². The van der Waals surface area contributed by atoms with Crippen LogP contribution in [0.5, 0.6) is 0 Å². The summed E-state index contributed by atoms with van der Waals surface area (Å²) < 4.78 is 0. The van der Waals surface area contributed by atoms with Crippen LogP contribution in [0.15, 0.2) is 261 Å². The molecule has 1 aliphatic carbocycles. The van der Waals surface area contributed by atoms with Crippen molar-refractivity contribution in [3.63, 3.8) is 0 Å². The van der Waals surface area contributed by atoms with Gasteiger partial charge in [-0.2, -0.15) is 0 Å². The Morgan fingerprint density at radius 2 is 0.833 bits per heavy atom. The quantitative estimate of drug-likeness (QED) is 0.143. The molecule has 2 nitrogen and oxygen atoms in total.